The first-order valence-electron chi connectivity index (χ1n) is 5.88. The Labute approximate surface area is 145 Å². The fourth-order valence-electron chi connectivity index (χ4n) is 0.839. The molecule has 0 radical (unpaired) electrons. The van der Waals surface area contributed by atoms with E-state index in [2.05, 4.69) is 14.3 Å². The third kappa shape index (κ3) is 8.70. The van der Waals surface area contributed by atoms with Crippen LogP contribution in [0.3, 0.4) is 0 Å². The minimum atomic E-state index is -5.77. The van der Waals surface area contributed by atoms with Crippen LogP contribution in [0.25, 0.3) is 0 Å². The van der Waals surface area contributed by atoms with Crippen molar-refractivity contribution in [2.75, 3.05) is 13.2 Å². The van der Waals surface area contributed by atoms with Gasteiger partial charge in [-0.1, -0.05) is 0 Å². The van der Waals surface area contributed by atoms with Crippen LogP contribution in [0.15, 0.2) is 0 Å². The van der Waals surface area contributed by atoms with E-state index in [1.54, 1.807) is 0 Å². The summed E-state index contributed by atoms with van der Waals surface area (Å²) in [5.74, 6) is -10.1. The Bertz CT molecular complexity index is 345. The van der Waals surface area contributed by atoms with Crippen molar-refractivity contribution in [2.45, 2.75) is 30.4 Å². The first-order valence-corrected chi connectivity index (χ1v) is 10.7. The standard InChI is InChI=1S/2C3H2F5O.CH3BO2.2Zn/c2*4-2(5,1-9)3(6,7)8;2-1(3)4;;/h2*1H2;1H,2H2;;/q2*-1;-2;2*+2. The number of alkyl halides is 10. The van der Waals surface area contributed by atoms with Crippen LogP contribution in [-0.2, 0) is 49.9 Å². The summed E-state index contributed by atoms with van der Waals surface area (Å²) in [6.07, 6.45) is -12.8. The van der Waals surface area contributed by atoms with Gasteiger partial charge in [0.1, 0.15) is 0 Å². The normalized spacial score (nSPS) is 13.8. The van der Waals surface area contributed by atoms with Crippen molar-refractivity contribution in [1.82, 2.24) is 0 Å². The van der Waals surface area contributed by atoms with Gasteiger partial charge in [-0.2, -0.15) is 0 Å². The van der Waals surface area contributed by atoms with E-state index >= 15 is 0 Å². The van der Waals surface area contributed by atoms with Gasteiger partial charge >= 0.3 is 145 Å². The van der Waals surface area contributed by atoms with E-state index in [-0.39, 0.29) is 0 Å². The molecule has 0 aromatic carbocycles. The SMILES string of the molecule is BC([O][Zn][O]CC(F)(F)C(F)(F)F)[O][Zn][O]CC(F)(F)C(F)(F)F. The van der Waals surface area contributed by atoms with E-state index in [9.17, 15) is 43.9 Å². The minimum absolute atomic E-state index is 1.13. The van der Waals surface area contributed by atoms with Crippen LogP contribution in [-0.4, -0.2) is 51.4 Å². The summed E-state index contributed by atoms with van der Waals surface area (Å²) >= 11 is -5.52. The molecule has 0 heterocycles. The van der Waals surface area contributed by atoms with Gasteiger partial charge in [-0.3, -0.25) is 0 Å². The average Bonchev–Trinajstić information content (AvgIpc) is 2.37. The number of halogens is 10. The number of hydrogen-bond donors (Lipinski definition) is 0. The molecule has 0 unspecified atom stereocenters. The van der Waals surface area contributed by atoms with Crippen LogP contribution >= 0.6 is 0 Å². The summed E-state index contributed by atoms with van der Waals surface area (Å²) in [5.41, 5.74) is 0. The maximum atomic E-state index is 12.4. The van der Waals surface area contributed by atoms with Crippen molar-refractivity contribution in [3.8, 4) is 0 Å². The molecule has 0 aliphatic rings. The van der Waals surface area contributed by atoms with E-state index in [4.69, 9.17) is 0 Å². The molecule has 0 amide bonds. The van der Waals surface area contributed by atoms with Crippen LogP contribution in [0.5, 0.6) is 0 Å². The molecule has 17 heteroatoms. The van der Waals surface area contributed by atoms with E-state index < -0.39 is 79.3 Å². The quantitative estimate of drug-likeness (QED) is 0.205. The second-order valence-corrected chi connectivity index (χ2v) is 8.34. The van der Waals surface area contributed by atoms with E-state index in [0.717, 1.165) is 7.85 Å². The second-order valence-electron chi connectivity index (χ2n) is 4.24. The second kappa shape index (κ2) is 9.41. The molecule has 0 aliphatic carbocycles. The van der Waals surface area contributed by atoms with Gasteiger partial charge < -0.3 is 0 Å². The average molecular weight is 487 g/mol. The third-order valence-corrected chi connectivity index (χ3v) is 6.26. The molecule has 0 spiro atoms. The molecule has 0 saturated carbocycles. The molecule has 0 rings (SSSR count). The Balaban J connectivity index is 3.88. The molecule has 0 N–H and O–H groups in total. The van der Waals surface area contributed by atoms with Crippen molar-refractivity contribution < 1.29 is 93.9 Å². The van der Waals surface area contributed by atoms with Crippen molar-refractivity contribution in [2.24, 2.45) is 0 Å². The van der Waals surface area contributed by atoms with Gasteiger partial charge in [0.2, 0.25) is 0 Å². The molecule has 0 saturated heterocycles. The molecule has 0 aromatic rings. The van der Waals surface area contributed by atoms with E-state index in [1.165, 1.54) is 0 Å². The van der Waals surface area contributed by atoms with Crippen LogP contribution in [0, 0.1) is 0 Å². The molecule has 136 valence electrons. The first-order chi connectivity index (χ1) is 10.6. The summed E-state index contributed by atoms with van der Waals surface area (Å²) in [6, 6.07) is 0. The van der Waals surface area contributed by atoms with Gasteiger partial charge in [0.25, 0.3) is 0 Å². The molecule has 0 fully saturated rings. The fraction of sp³-hybridized carbons (Fsp3) is 1.00. The van der Waals surface area contributed by atoms with Crippen LogP contribution in [0.1, 0.15) is 0 Å². The van der Waals surface area contributed by atoms with Crippen molar-refractivity contribution >= 4 is 7.85 Å². The van der Waals surface area contributed by atoms with Gasteiger partial charge in [0.05, 0.1) is 0 Å². The molecular weight excluding hydrogens is 480 g/mol. The zero-order valence-electron chi connectivity index (χ0n) is 11.8. The van der Waals surface area contributed by atoms with Gasteiger partial charge in [-0.05, 0) is 0 Å². The van der Waals surface area contributed by atoms with Crippen LogP contribution < -0.4 is 0 Å². The summed E-state index contributed by atoms with van der Waals surface area (Å²) in [4.78, 5) is 0. The monoisotopic (exact) mass is 484 g/mol. The Morgan fingerprint density at radius 1 is 0.667 bits per heavy atom. The third-order valence-electron chi connectivity index (χ3n) is 2.17. The molecule has 0 atom stereocenters. The fourth-order valence-corrected chi connectivity index (χ4v) is 4.72. The van der Waals surface area contributed by atoms with Crippen LogP contribution in [0.2, 0.25) is 0 Å². The zero-order valence-corrected chi connectivity index (χ0v) is 17.8. The number of hydrogen-bond acceptors (Lipinski definition) is 4. The molecule has 0 aliphatic heterocycles. The van der Waals surface area contributed by atoms with Gasteiger partial charge in [0, 0.05) is 0 Å². The number of rotatable bonds is 10. The Kier molecular flexibility index (Phi) is 9.58. The topological polar surface area (TPSA) is 36.9 Å². The molecule has 0 aromatic heterocycles. The van der Waals surface area contributed by atoms with E-state index in [0.29, 0.717) is 0 Å². The van der Waals surface area contributed by atoms with Crippen molar-refractivity contribution in [1.29, 1.82) is 0 Å². The predicted octanol–water partition coefficient (Wildman–Crippen LogP) is 2.19. The predicted molar refractivity (Wildman–Crippen MR) is 48.4 cm³/mol. The Morgan fingerprint density at radius 2 is 0.958 bits per heavy atom. The Hall–Kier alpha value is 0.452. The maximum absolute atomic E-state index is 12.4. The van der Waals surface area contributed by atoms with Crippen molar-refractivity contribution in [3.63, 3.8) is 0 Å². The van der Waals surface area contributed by atoms with Gasteiger partial charge in [-0.25, -0.2) is 0 Å². The molecule has 4 nitrogen and oxygen atoms in total. The Morgan fingerprint density at radius 3 is 1.21 bits per heavy atom. The van der Waals surface area contributed by atoms with Crippen LogP contribution in [0.4, 0.5) is 43.9 Å². The van der Waals surface area contributed by atoms with Gasteiger partial charge in [-0.15, -0.1) is 0 Å². The summed E-state index contributed by atoms with van der Waals surface area (Å²) in [5, 5.41) is 0. The first kappa shape index (κ1) is 24.5. The van der Waals surface area contributed by atoms with Gasteiger partial charge in [0.15, 0.2) is 0 Å². The summed E-state index contributed by atoms with van der Waals surface area (Å²) in [6.45, 7) is -3.86. The summed E-state index contributed by atoms with van der Waals surface area (Å²) < 4.78 is 138. The van der Waals surface area contributed by atoms with E-state index in [1.807, 2.05) is 0 Å². The molecule has 24 heavy (non-hydrogen) atoms. The molecule has 0 bridgehead atoms. The van der Waals surface area contributed by atoms with Crippen molar-refractivity contribution in [3.05, 3.63) is 0 Å². The molecular formula is C7H7BF10O4Zn2. The zero-order chi connectivity index (χ0) is 19.2. The summed E-state index contributed by atoms with van der Waals surface area (Å²) in [7, 11) is 1.13.